The minimum absolute atomic E-state index is 0.505. The number of rotatable bonds is 5. The van der Waals surface area contributed by atoms with Gasteiger partial charge in [-0.25, -0.2) is 0 Å². The Balaban J connectivity index is 1.12. The number of anilines is 3. The quantitative estimate of drug-likeness (QED) is 0.157. The second kappa shape index (κ2) is 13.5. The molecule has 0 radical (unpaired) electrons. The summed E-state index contributed by atoms with van der Waals surface area (Å²) in [4.78, 5) is 2.45. The first-order valence-electron chi connectivity index (χ1n) is 21.6. The molecule has 0 atom stereocenters. The lowest BCUT2D eigenvalue weighted by molar-refractivity contribution is 0.803. The van der Waals surface area contributed by atoms with Crippen molar-refractivity contribution in [3.05, 3.63) is 259 Å². The molecule has 0 bridgehead atoms. The molecule has 288 valence electrons. The predicted molar refractivity (Wildman–Crippen MR) is 261 cm³/mol. The molecule has 13 rings (SSSR count). The molecule has 0 fully saturated rings. The lowest BCUT2D eigenvalue weighted by Crippen LogP contribution is -2.26. The summed E-state index contributed by atoms with van der Waals surface area (Å²) in [7, 11) is 0. The van der Waals surface area contributed by atoms with Crippen molar-refractivity contribution >= 4 is 49.4 Å². The largest absolute Gasteiger partial charge is 0.310 e. The molecule has 0 aromatic heterocycles. The van der Waals surface area contributed by atoms with E-state index in [1.165, 1.54) is 99.1 Å². The number of hydrogen-bond donors (Lipinski definition) is 0. The SMILES string of the molecule is c1ccc(-c2ccc(-c3ccccc3)c(N(c3ccccc3)c3ccc4cc5c(cc4c3)C3(c4ccccc4-c4ccccc43)c3c-5c4ccccc4c4ccccc34)c2)cc1. The Labute approximate surface area is 361 Å². The topological polar surface area (TPSA) is 3.24 Å². The zero-order valence-corrected chi connectivity index (χ0v) is 34.0. The van der Waals surface area contributed by atoms with Crippen LogP contribution in [0.25, 0.3) is 76.8 Å². The van der Waals surface area contributed by atoms with Crippen LogP contribution in [0.3, 0.4) is 0 Å². The molecule has 0 saturated carbocycles. The van der Waals surface area contributed by atoms with Gasteiger partial charge in [-0.15, -0.1) is 0 Å². The average Bonchev–Trinajstić information content (AvgIpc) is 3.81. The third kappa shape index (κ3) is 4.91. The van der Waals surface area contributed by atoms with Crippen molar-refractivity contribution in [2.75, 3.05) is 4.90 Å². The van der Waals surface area contributed by atoms with E-state index in [0.717, 1.165) is 17.1 Å². The Morgan fingerprint density at radius 2 is 0.855 bits per heavy atom. The van der Waals surface area contributed by atoms with Crippen molar-refractivity contribution in [1.29, 1.82) is 0 Å². The molecule has 0 aliphatic heterocycles. The molecule has 1 spiro atoms. The van der Waals surface area contributed by atoms with Crippen LogP contribution in [0.15, 0.2) is 237 Å². The highest BCUT2D eigenvalue weighted by atomic mass is 15.1. The van der Waals surface area contributed by atoms with Crippen LogP contribution in [0, 0.1) is 0 Å². The fourth-order valence-electron chi connectivity index (χ4n) is 11.1. The normalized spacial score (nSPS) is 13.0. The van der Waals surface area contributed by atoms with Crippen LogP contribution >= 0.6 is 0 Å². The van der Waals surface area contributed by atoms with Gasteiger partial charge in [0.05, 0.1) is 11.1 Å². The molecule has 0 saturated heterocycles. The Morgan fingerprint density at radius 1 is 0.290 bits per heavy atom. The molecule has 0 unspecified atom stereocenters. The summed E-state index contributed by atoms with van der Waals surface area (Å²) >= 11 is 0. The molecule has 0 amide bonds. The summed E-state index contributed by atoms with van der Waals surface area (Å²) in [5.41, 5.74) is 18.3. The van der Waals surface area contributed by atoms with Crippen molar-refractivity contribution < 1.29 is 0 Å². The van der Waals surface area contributed by atoms with Crippen molar-refractivity contribution in [2.45, 2.75) is 5.41 Å². The summed E-state index contributed by atoms with van der Waals surface area (Å²) in [6.45, 7) is 0. The maximum Gasteiger partial charge on any atom is 0.0731 e. The van der Waals surface area contributed by atoms with Crippen LogP contribution in [0.5, 0.6) is 0 Å². The van der Waals surface area contributed by atoms with Gasteiger partial charge < -0.3 is 4.90 Å². The maximum atomic E-state index is 2.54. The van der Waals surface area contributed by atoms with Gasteiger partial charge >= 0.3 is 0 Å². The van der Waals surface area contributed by atoms with E-state index in [9.17, 15) is 0 Å². The summed E-state index contributed by atoms with van der Waals surface area (Å²) in [6, 6.07) is 87.8. The Bertz CT molecular complexity index is 3520. The van der Waals surface area contributed by atoms with E-state index >= 15 is 0 Å². The molecule has 1 nitrogen and oxygen atoms in total. The van der Waals surface area contributed by atoms with Gasteiger partial charge in [-0.1, -0.05) is 194 Å². The second-order valence-corrected chi connectivity index (χ2v) is 16.7. The predicted octanol–water partition coefficient (Wildman–Crippen LogP) is 16.3. The number of para-hydroxylation sites is 1. The first-order chi connectivity index (χ1) is 30.8. The minimum Gasteiger partial charge on any atom is -0.310 e. The number of hydrogen-bond acceptors (Lipinski definition) is 1. The van der Waals surface area contributed by atoms with Crippen molar-refractivity contribution in [2.24, 2.45) is 0 Å². The number of fused-ring (bicyclic) bond motifs is 16. The summed E-state index contributed by atoms with van der Waals surface area (Å²) in [6.07, 6.45) is 0. The first-order valence-corrected chi connectivity index (χ1v) is 21.6. The van der Waals surface area contributed by atoms with Gasteiger partial charge in [0, 0.05) is 16.9 Å². The van der Waals surface area contributed by atoms with Crippen LogP contribution < -0.4 is 4.90 Å². The number of nitrogens with zero attached hydrogens (tertiary/aromatic N) is 1. The fourth-order valence-corrected chi connectivity index (χ4v) is 11.1. The smallest absolute Gasteiger partial charge is 0.0731 e. The van der Waals surface area contributed by atoms with E-state index in [4.69, 9.17) is 0 Å². The van der Waals surface area contributed by atoms with Gasteiger partial charge in [-0.2, -0.15) is 0 Å². The van der Waals surface area contributed by atoms with Gasteiger partial charge in [-0.3, -0.25) is 0 Å². The highest BCUT2D eigenvalue weighted by Gasteiger charge is 2.53. The van der Waals surface area contributed by atoms with Crippen LogP contribution in [0.2, 0.25) is 0 Å². The highest BCUT2D eigenvalue weighted by molar-refractivity contribution is 6.20. The standard InChI is InChI=1S/C61H39N/c1-4-18-40(19-5-1)43-33-35-47(41-20-6-2-7-21-41)58(39-43)62(45-22-8-3-9-23-45)46-34-32-42-37-54-57(38-44(42)36-46)61(55-30-16-14-26-50(55)51-27-15-17-31-56(51)61)60-53-29-13-11-25-49(53)48-24-10-12-28-52(48)59(54)60/h1-39H. The van der Waals surface area contributed by atoms with Crippen molar-refractivity contribution in [1.82, 2.24) is 0 Å². The lowest BCUT2D eigenvalue weighted by Gasteiger charge is -2.32. The third-order valence-electron chi connectivity index (χ3n) is 13.6. The van der Waals surface area contributed by atoms with Gasteiger partial charge in [0.1, 0.15) is 0 Å². The first kappa shape index (κ1) is 34.8. The van der Waals surface area contributed by atoms with Crippen molar-refractivity contribution in [3.63, 3.8) is 0 Å². The number of benzene rings is 11. The molecule has 2 aliphatic carbocycles. The zero-order chi connectivity index (χ0) is 40.8. The van der Waals surface area contributed by atoms with Gasteiger partial charge in [-0.05, 0) is 136 Å². The average molecular weight is 786 g/mol. The molecule has 62 heavy (non-hydrogen) atoms. The second-order valence-electron chi connectivity index (χ2n) is 16.7. The van der Waals surface area contributed by atoms with Crippen LogP contribution in [-0.4, -0.2) is 0 Å². The Kier molecular flexibility index (Phi) is 7.59. The molecular formula is C61H39N. The van der Waals surface area contributed by atoms with E-state index in [-0.39, 0.29) is 0 Å². The zero-order valence-electron chi connectivity index (χ0n) is 34.0. The Morgan fingerprint density at radius 3 is 1.55 bits per heavy atom. The van der Waals surface area contributed by atoms with Gasteiger partial charge in [0.15, 0.2) is 0 Å². The molecule has 0 N–H and O–H groups in total. The summed E-state index contributed by atoms with van der Waals surface area (Å²) in [5, 5.41) is 7.65. The highest BCUT2D eigenvalue weighted by Crippen LogP contribution is 2.66. The molecule has 11 aromatic carbocycles. The minimum atomic E-state index is -0.505. The van der Waals surface area contributed by atoms with E-state index < -0.39 is 5.41 Å². The van der Waals surface area contributed by atoms with Gasteiger partial charge in [0.2, 0.25) is 0 Å². The van der Waals surface area contributed by atoms with Gasteiger partial charge in [0.25, 0.3) is 0 Å². The lowest BCUT2D eigenvalue weighted by atomic mass is 9.69. The van der Waals surface area contributed by atoms with Crippen LogP contribution in [0.1, 0.15) is 22.3 Å². The fraction of sp³-hybridized carbons (Fsp3) is 0.0164. The molecule has 2 aliphatic rings. The third-order valence-corrected chi connectivity index (χ3v) is 13.6. The Hall–Kier alpha value is -8.00. The van der Waals surface area contributed by atoms with E-state index in [2.05, 4.69) is 241 Å². The van der Waals surface area contributed by atoms with Crippen molar-refractivity contribution in [3.8, 4) is 44.5 Å². The molecule has 11 aromatic rings. The molecular weight excluding hydrogens is 747 g/mol. The monoisotopic (exact) mass is 785 g/mol. The van der Waals surface area contributed by atoms with E-state index in [0.29, 0.717) is 0 Å². The van der Waals surface area contributed by atoms with Crippen LogP contribution in [0.4, 0.5) is 17.1 Å². The summed E-state index contributed by atoms with van der Waals surface area (Å²) < 4.78 is 0. The summed E-state index contributed by atoms with van der Waals surface area (Å²) in [5.74, 6) is 0. The molecule has 1 heteroatoms. The maximum absolute atomic E-state index is 2.54. The molecule has 0 heterocycles. The van der Waals surface area contributed by atoms with E-state index in [1.54, 1.807) is 0 Å². The van der Waals surface area contributed by atoms with Crippen LogP contribution in [-0.2, 0) is 5.41 Å². The van der Waals surface area contributed by atoms with E-state index in [1.807, 2.05) is 0 Å².